The number of Topliss-reactive ketones (excluding diaryl/α,β-unsaturated/α-hetero) is 1. The highest BCUT2D eigenvalue weighted by molar-refractivity contribution is 6.12. The number of hydrogen-bond acceptors (Lipinski definition) is 7. The van der Waals surface area contributed by atoms with Gasteiger partial charge in [-0.2, -0.15) is 5.10 Å². The van der Waals surface area contributed by atoms with Gasteiger partial charge in [0, 0.05) is 30.5 Å². The summed E-state index contributed by atoms with van der Waals surface area (Å²) in [5.74, 6) is -2.69. The maximum atomic E-state index is 13.2. The van der Waals surface area contributed by atoms with E-state index in [1.54, 1.807) is 19.1 Å². The second-order valence-corrected chi connectivity index (χ2v) is 6.61. The van der Waals surface area contributed by atoms with Crippen molar-refractivity contribution in [3.63, 3.8) is 0 Å². The van der Waals surface area contributed by atoms with Crippen LogP contribution in [0, 0.1) is 22.0 Å². The third kappa shape index (κ3) is 2.38. The molecule has 138 valence electrons. The molecule has 2 fully saturated rings. The van der Waals surface area contributed by atoms with Crippen LogP contribution in [0.4, 0.5) is 5.69 Å². The lowest BCUT2D eigenvalue weighted by Gasteiger charge is -2.30. The average Bonchev–Trinajstić information content (AvgIpc) is 3.14. The largest absolute Gasteiger partial charge is 0.292 e. The number of ketones is 1. The van der Waals surface area contributed by atoms with E-state index in [9.17, 15) is 24.5 Å². The standard InChI is InChI=1S/C18H16N4O5/c1-2-20-17(24)13-12-7-4-8-19-21(12)15(14(13)18(20)25)16(23)10-5-3-6-11(9-10)22(26)27/h3-9,12-15H,2H2,1H3/t12-,13+,14-,15+/m1/s1. The van der Waals surface area contributed by atoms with E-state index in [-0.39, 0.29) is 23.7 Å². The van der Waals surface area contributed by atoms with Crippen LogP contribution < -0.4 is 0 Å². The number of imide groups is 1. The number of likely N-dealkylation sites (tertiary alicyclic amines) is 1. The van der Waals surface area contributed by atoms with Crippen molar-refractivity contribution in [2.45, 2.75) is 19.0 Å². The number of amides is 2. The fraction of sp³-hybridized carbons (Fsp3) is 0.333. The predicted molar refractivity (Wildman–Crippen MR) is 93.8 cm³/mol. The van der Waals surface area contributed by atoms with Crippen LogP contribution in [-0.2, 0) is 9.59 Å². The van der Waals surface area contributed by atoms with E-state index >= 15 is 0 Å². The van der Waals surface area contributed by atoms with Crippen molar-refractivity contribution in [1.82, 2.24) is 9.91 Å². The molecule has 9 heteroatoms. The second kappa shape index (κ2) is 6.11. The van der Waals surface area contributed by atoms with Gasteiger partial charge in [0.1, 0.15) is 6.04 Å². The highest BCUT2D eigenvalue weighted by atomic mass is 16.6. The first-order chi connectivity index (χ1) is 13.0. The third-order valence-corrected chi connectivity index (χ3v) is 5.31. The van der Waals surface area contributed by atoms with Crippen LogP contribution in [0.2, 0.25) is 0 Å². The van der Waals surface area contributed by atoms with Gasteiger partial charge in [-0.3, -0.25) is 34.4 Å². The van der Waals surface area contributed by atoms with Gasteiger partial charge in [0.05, 0.1) is 22.8 Å². The summed E-state index contributed by atoms with van der Waals surface area (Å²) in [6.07, 6.45) is 4.94. The van der Waals surface area contributed by atoms with E-state index in [0.717, 1.165) is 0 Å². The average molecular weight is 368 g/mol. The number of carbonyl (C=O) groups excluding carboxylic acids is 3. The van der Waals surface area contributed by atoms with Crippen molar-refractivity contribution in [2.75, 3.05) is 6.54 Å². The Morgan fingerprint density at radius 1 is 1.26 bits per heavy atom. The topological polar surface area (TPSA) is 113 Å². The summed E-state index contributed by atoms with van der Waals surface area (Å²) < 4.78 is 0. The molecule has 0 spiro atoms. The predicted octanol–water partition coefficient (Wildman–Crippen LogP) is 1.01. The number of allylic oxidation sites excluding steroid dienone is 1. The SMILES string of the molecule is CCN1C(=O)[C@@H]2[C@@H](C1=O)[C@@H](C(=O)c1cccc([N+](=O)[O-])c1)N1N=CC=C[C@H]21. The Bertz CT molecular complexity index is 924. The van der Waals surface area contributed by atoms with Gasteiger partial charge in [0.15, 0.2) is 5.78 Å². The number of non-ortho nitro benzene ring substituents is 1. The van der Waals surface area contributed by atoms with Crippen molar-refractivity contribution in [3.8, 4) is 0 Å². The molecule has 0 N–H and O–H groups in total. The fourth-order valence-corrected chi connectivity index (χ4v) is 4.15. The summed E-state index contributed by atoms with van der Waals surface area (Å²) in [6, 6.07) is 3.92. The Kier molecular flexibility index (Phi) is 3.87. The molecule has 3 heterocycles. The summed E-state index contributed by atoms with van der Waals surface area (Å²) in [4.78, 5) is 50.4. The van der Waals surface area contributed by atoms with E-state index in [1.165, 1.54) is 40.4 Å². The molecular weight excluding hydrogens is 352 g/mol. The van der Waals surface area contributed by atoms with Crippen molar-refractivity contribution in [2.24, 2.45) is 16.9 Å². The molecule has 0 saturated carbocycles. The Balaban J connectivity index is 1.78. The quantitative estimate of drug-likeness (QED) is 0.339. The van der Waals surface area contributed by atoms with Crippen molar-refractivity contribution < 1.29 is 19.3 Å². The van der Waals surface area contributed by atoms with Crippen molar-refractivity contribution in [1.29, 1.82) is 0 Å². The molecule has 4 rings (SSSR count). The maximum absolute atomic E-state index is 13.2. The van der Waals surface area contributed by atoms with Crippen LogP contribution in [0.25, 0.3) is 0 Å². The van der Waals surface area contributed by atoms with Crippen LogP contribution in [0.5, 0.6) is 0 Å². The minimum absolute atomic E-state index is 0.119. The molecule has 1 aromatic rings. The van der Waals surface area contributed by atoms with Crippen LogP contribution >= 0.6 is 0 Å². The van der Waals surface area contributed by atoms with Gasteiger partial charge < -0.3 is 0 Å². The van der Waals surface area contributed by atoms with Crippen molar-refractivity contribution >= 4 is 29.5 Å². The number of nitro benzene ring substituents is 1. The summed E-state index contributed by atoms with van der Waals surface area (Å²) in [5.41, 5.74) is -0.0912. The van der Waals surface area contributed by atoms with E-state index in [0.29, 0.717) is 0 Å². The lowest BCUT2D eigenvalue weighted by molar-refractivity contribution is -0.384. The molecule has 0 radical (unpaired) electrons. The minimum atomic E-state index is -0.976. The molecule has 0 aliphatic carbocycles. The molecular formula is C18H16N4O5. The van der Waals surface area contributed by atoms with E-state index < -0.39 is 40.5 Å². The smallest absolute Gasteiger partial charge is 0.270 e. The van der Waals surface area contributed by atoms with Crippen molar-refractivity contribution in [3.05, 3.63) is 52.1 Å². The molecule has 27 heavy (non-hydrogen) atoms. The molecule has 0 unspecified atom stereocenters. The zero-order chi connectivity index (χ0) is 19.3. The normalized spacial score (nSPS) is 28.5. The Morgan fingerprint density at radius 3 is 2.70 bits per heavy atom. The molecule has 2 amide bonds. The Labute approximate surface area is 154 Å². The summed E-state index contributed by atoms with van der Waals surface area (Å²) in [6.45, 7) is 1.95. The lowest BCUT2D eigenvalue weighted by Crippen LogP contribution is -2.45. The van der Waals surface area contributed by atoms with Gasteiger partial charge in [-0.15, -0.1) is 0 Å². The first-order valence-electron chi connectivity index (χ1n) is 8.58. The van der Waals surface area contributed by atoms with E-state index in [4.69, 9.17) is 0 Å². The number of fused-ring (bicyclic) bond motifs is 3. The number of rotatable bonds is 4. The number of benzene rings is 1. The molecule has 3 aliphatic heterocycles. The molecule has 1 aromatic carbocycles. The Morgan fingerprint density at radius 2 is 2.00 bits per heavy atom. The maximum Gasteiger partial charge on any atom is 0.270 e. The van der Waals surface area contributed by atoms with Gasteiger partial charge >= 0.3 is 0 Å². The van der Waals surface area contributed by atoms with E-state index in [1.807, 2.05) is 0 Å². The number of nitrogens with zero attached hydrogens (tertiary/aromatic N) is 4. The van der Waals surface area contributed by atoms with Crippen LogP contribution in [0.15, 0.2) is 41.5 Å². The first-order valence-corrected chi connectivity index (χ1v) is 8.58. The first kappa shape index (κ1) is 17.1. The van der Waals surface area contributed by atoms with E-state index in [2.05, 4.69) is 5.10 Å². The van der Waals surface area contributed by atoms with Gasteiger partial charge in [-0.05, 0) is 13.0 Å². The zero-order valence-corrected chi connectivity index (χ0v) is 14.4. The fourth-order valence-electron chi connectivity index (χ4n) is 4.15. The number of nitro groups is 1. The highest BCUT2D eigenvalue weighted by Gasteiger charge is 2.63. The molecule has 4 atom stereocenters. The number of hydrazone groups is 1. The minimum Gasteiger partial charge on any atom is -0.292 e. The van der Waals surface area contributed by atoms with Crippen LogP contribution in [0.1, 0.15) is 17.3 Å². The van der Waals surface area contributed by atoms with Gasteiger partial charge in [0.2, 0.25) is 11.8 Å². The lowest BCUT2D eigenvalue weighted by atomic mass is 9.86. The summed E-state index contributed by atoms with van der Waals surface area (Å²) >= 11 is 0. The number of hydrogen-bond donors (Lipinski definition) is 0. The molecule has 0 aromatic heterocycles. The zero-order valence-electron chi connectivity index (χ0n) is 14.4. The summed E-state index contributed by atoms with van der Waals surface area (Å²) in [7, 11) is 0. The third-order valence-electron chi connectivity index (χ3n) is 5.31. The van der Waals surface area contributed by atoms with Crippen LogP contribution in [-0.4, -0.2) is 57.3 Å². The van der Waals surface area contributed by atoms with Gasteiger partial charge in [-0.25, -0.2) is 0 Å². The Hall–Kier alpha value is -3.36. The highest BCUT2D eigenvalue weighted by Crippen LogP contribution is 2.45. The molecule has 3 aliphatic rings. The second-order valence-electron chi connectivity index (χ2n) is 6.61. The molecule has 0 bridgehead atoms. The number of carbonyl (C=O) groups is 3. The molecule has 2 saturated heterocycles. The monoisotopic (exact) mass is 368 g/mol. The summed E-state index contributed by atoms with van der Waals surface area (Å²) in [5, 5.41) is 16.7. The molecule has 9 nitrogen and oxygen atoms in total. The van der Waals surface area contributed by atoms with Gasteiger partial charge in [0.25, 0.3) is 5.69 Å². The van der Waals surface area contributed by atoms with Crippen LogP contribution in [0.3, 0.4) is 0 Å². The van der Waals surface area contributed by atoms with Gasteiger partial charge in [-0.1, -0.05) is 18.2 Å².